The van der Waals surface area contributed by atoms with Gasteiger partial charge in [-0.05, 0) is 49.4 Å². The number of piperidine rings is 1. The van der Waals surface area contributed by atoms with Crippen molar-refractivity contribution < 1.29 is 23.4 Å². The predicted molar refractivity (Wildman–Crippen MR) is 114 cm³/mol. The monoisotopic (exact) mass is 457 g/mol. The predicted octanol–water partition coefficient (Wildman–Crippen LogP) is 3.17. The van der Waals surface area contributed by atoms with Crippen molar-refractivity contribution in [3.8, 4) is 11.9 Å². The lowest BCUT2D eigenvalue weighted by atomic mass is 9.96. The van der Waals surface area contributed by atoms with Gasteiger partial charge >= 0.3 is 6.09 Å². The minimum absolute atomic E-state index is 0.0770. The lowest BCUT2D eigenvalue weighted by Crippen LogP contribution is -2.57. The van der Waals surface area contributed by atoms with Gasteiger partial charge in [-0.3, -0.25) is 4.90 Å². The van der Waals surface area contributed by atoms with Crippen molar-refractivity contribution in [1.29, 1.82) is 5.26 Å². The van der Waals surface area contributed by atoms with Gasteiger partial charge in [-0.25, -0.2) is 13.6 Å². The molecule has 33 heavy (non-hydrogen) atoms. The van der Waals surface area contributed by atoms with Crippen LogP contribution in [0.1, 0.15) is 42.0 Å². The third-order valence-electron chi connectivity index (χ3n) is 6.38. The normalized spacial score (nSPS) is 27.0. The summed E-state index contributed by atoms with van der Waals surface area (Å²) < 4.78 is 33.7. The first kappa shape index (κ1) is 22.9. The van der Waals surface area contributed by atoms with Crippen molar-refractivity contribution in [3.63, 3.8) is 0 Å². The lowest BCUT2D eigenvalue weighted by molar-refractivity contribution is 0.0351. The molecule has 5 atom stereocenters. The van der Waals surface area contributed by atoms with E-state index in [1.807, 2.05) is 6.07 Å². The molecule has 1 aliphatic heterocycles. The van der Waals surface area contributed by atoms with E-state index in [-0.39, 0.29) is 36.3 Å². The third kappa shape index (κ3) is 5.03. The summed E-state index contributed by atoms with van der Waals surface area (Å²) in [6.45, 7) is 2.29. The zero-order valence-electron chi connectivity index (χ0n) is 18.1. The maximum absolute atomic E-state index is 14.1. The number of nitrogens with zero attached hydrogens (tertiary/aromatic N) is 4. The molecule has 4 rings (SSSR count). The van der Waals surface area contributed by atoms with Crippen LogP contribution in [-0.2, 0) is 0 Å². The van der Waals surface area contributed by atoms with E-state index in [0.29, 0.717) is 24.9 Å². The van der Waals surface area contributed by atoms with Gasteiger partial charge in [-0.15, -0.1) is 10.2 Å². The van der Waals surface area contributed by atoms with Gasteiger partial charge in [-0.2, -0.15) is 5.26 Å². The molecule has 0 bridgehead atoms. The number of amides is 1. The number of benzene rings is 1. The van der Waals surface area contributed by atoms with Gasteiger partial charge < -0.3 is 15.2 Å². The van der Waals surface area contributed by atoms with Crippen molar-refractivity contribution in [2.45, 2.75) is 56.5 Å². The van der Waals surface area contributed by atoms with Crippen LogP contribution in [0.4, 0.5) is 13.6 Å². The van der Waals surface area contributed by atoms with E-state index in [4.69, 9.17) is 10.00 Å². The molecular formula is C23H25F2N5O3. The molecule has 0 spiro atoms. The van der Waals surface area contributed by atoms with Crippen LogP contribution in [-0.4, -0.2) is 63.7 Å². The number of nitrogens with one attached hydrogen (secondary N) is 1. The Morgan fingerprint density at radius 1 is 1.24 bits per heavy atom. The summed E-state index contributed by atoms with van der Waals surface area (Å²) >= 11 is 0. The van der Waals surface area contributed by atoms with Crippen LogP contribution in [0.15, 0.2) is 30.3 Å². The van der Waals surface area contributed by atoms with Crippen LogP contribution in [0.3, 0.4) is 0 Å². The van der Waals surface area contributed by atoms with Crippen molar-refractivity contribution in [3.05, 3.63) is 53.0 Å². The van der Waals surface area contributed by atoms with E-state index >= 15 is 0 Å². The molecule has 174 valence electrons. The van der Waals surface area contributed by atoms with Gasteiger partial charge in [0.1, 0.15) is 24.2 Å². The Kier molecular flexibility index (Phi) is 6.70. The van der Waals surface area contributed by atoms with Gasteiger partial charge in [0.15, 0.2) is 5.69 Å². The Hall–Kier alpha value is -3.32. The van der Waals surface area contributed by atoms with E-state index < -0.39 is 30.5 Å². The lowest BCUT2D eigenvalue weighted by Gasteiger charge is -2.39. The second-order valence-electron chi connectivity index (χ2n) is 8.61. The van der Waals surface area contributed by atoms with Gasteiger partial charge in [-0.1, -0.05) is 12.1 Å². The molecule has 2 N–H and O–H groups in total. The Bertz CT molecular complexity index is 1050. The fourth-order valence-electron chi connectivity index (χ4n) is 4.84. The molecule has 1 aromatic heterocycles. The smallest absolute Gasteiger partial charge is 0.407 e. The summed E-state index contributed by atoms with van der Waals surface area (Å²) in [5, 5.41) is 29.9. The molecule has 2 heterocycles. The molecule has 0 radical (unpaired) electrons. The molecule has 10 heteroatoms. The minimum atomic E-state index is -1.14. The fraction of sp³-hybridized carbons (Fsp3) is 0.478. The molecule has 3 unspecified atom stereocenters. The molecule has 1 saturated heterocycles. The molecule has 1 aliphatic carbocycles. The first-order valence-corrected chi connectivity index (χ1v) is 10.9. The van der Waals surface area contributed by atoms with Crippen molar-refractivity contribution >= 4 is 6.09 Å². The summed E-state index contributed by atoms with van der Waals surface area (Å²) in [4.78, 5) is 13.6. The van der Waals surface area contributed by atoms with Crippen LogP contribution >= 0.6 is 0 Å². The average Bonchev–Trinajstić information content (AvgIpc) is 3.18. The second kappa shape index (κ2) is 9.67. The number of alkyl halides is 1. The number of hydrogen-bond donors (Lipinski definition) is 2. The number of carbonyl (C=O) groups is 1. The number of ether oxygens (including phenoxy) is 1. The summed E-state index contributed by atoms with van der Waals surface area (Å²) in [6.07, 6.45) is -1.82. The van der Waals surface area contributed by atoms with E-state index in [1.54, 1.807) is 25.1 Å². The highest BCUT2D eigenvalue weighted by Gasteiger charge is 2.45. The van der Waals surface area contributed by atoms with E-state index in [0.717, 1.165) is 5.56 Å². The Labute approximate surface area is 190 Å². The summed E-state index contributed by atoms with van der Waals surface area (Å²) in [5.74, 6) is -0.204. The first-order valence-electron chi connectivity index (χ1n) is 10.9. The first-order chi connectivity index (χ1) is 15.9. The van der Waals surface area contributed by atoms with Gasteiger partial charge in [0.25, 0.3) is 0 Å². The Morgan fingerprint density at radius 3 is 2.64 bits per heavy atom. The molecule has 1 aromatic carbocycles. The van der Waals surface area contributed by atoms with Crippen molar-refractivity contribution in [2.75, 3.05) is 13.1 Å². The highest BCUT2D eigenvalue weighted by Crippen LogP contribution is 2.40. The number of halogens is 2. The van der Waals surface area contributed by atoms with Crippen LogP contribution in [0.2, 0.25) is 0 Å². The quantitative estimate of drug-likeness (QED) is 0.709. The SMILES string of the molecule is Cc1cc(C#N)nnc1OC1CC(c2ccc(F)cc2)CC1N(C(=O)O)[C@H]1CNC[C@H](F)C1. The summed E-state index contributed by atoms with van der Waals surface area (Å²) in [6, 6.07) is 8.51. The summed E-state index contributed by atoms with van der Waals surface area (Å²) in [7, 11) is 0. The van der Waals surface area contributed by atoms with E-state index in [1.165, 1.54) is 17.0 Å². The zero-order valence-corrected chi connectivity index (χ0v) is 18.1. The number of nitriles is 1. The van der Waals surface area contributed by atoms with Crippen LogP contribution in [0, 0.1) is 24.1 Å². The minimum Gasteiger partial charge on any atom is -0.471 e. The van der Waals surface area contributed by atoms with Gasteiger partial charge in [0, 0.05) is 25.1 Å². The number of hydrogen-bond acceptors (Lipinski definition) is 6. The molecular weight excluding hydrogens is 432 g/mol. The molecule has 2 aliphatic rings. The van der Waals surface area contributed by atoms with Crippen molar-refractivity contribution in [2.24, 2.45) is 0 Å². The Balaban J connectivity index is 1.64. The highest BCUT2D eigenvalue weighted by molar-refractivity contribution is 5.66. The standard InChI is InChI=1S/C23H25F2N5O3/c1-13-6-18(10-26)28-29-22(13)33-21-8-15(14-2-4-16(24)5-3-14)7-20(21)30(23(31)32)19-9-17(25)11-27-12-19/h2-6,15,17,19-21,27H,7-9,11-12H2,1H3,(H,31,32)/t15?,17-,19-,20?,21?/m1/s1. The third-order valence-corrected chi connectivity index (χ3v) is 6.38. The Morgan fingerprint density at radius 2 is 2.00 bits per heavy atom. The maximum atomic E-state index is 14.1. The van der Waals surface area contributed by atoms with Crippen LogP contribution in [0.5, 0.6) is 5.88 Å². The number of carboxylic acid groups (broad SMARTS) is 1. The summed E-state index contributed by atoms with van der Waals surface area (Å²) in [5.41, 5.74) is 1.64. The van der Waals surface area contributed by atoms with Gasteiger partial charge in [0.2, 0.25) is 5.88 Å². The van der Waals surface area contributed by atoms with Crippen LogP contribution in [0.25, 0.3) is 0 Å². The van der Waals surface area contributed by atoms with Crippen molar-refractivity contribution in [1.82, 2.24) is 20.4 Å². The van der Waals surface area contributed by atoms with Gasteiger partial charge in [0.05, 0.1) is 12.1 Å². The topological polar surface area (TPSA) is 111 Å². The molecule has 8 nitrogen and oxygen atoms in total. The number of aryl methyl sites for hydroxylation is 1. The molecule has 1 amide bonds. The number of rotatable bonds is 5. The van der Waals surface area contributed by atoms with E-state index in [2.05, 4.69) is 15.5 Å². The van der Waals surface area contributed by atoms with Crippen LogP contribution < -0.4 is 10.1 Å². The highest BCUT2D eigenvalue weighted by atomic mass is 19.1. The molecule has 2 aromatic rings. The zero-order chi connectivity index (χ0) is 23.5. The maximum Gasteiger partial charge on any atom is 0.407 e. The fourth-order valence-corrected chi connectivity index (χ4v) is 4.84. The molecule has 1 saturated carbocycles. The average molecular weight is 457 g/mol. The van der Waals surface area contributed by atoms with E-state index in [9.17, 15) is 18.7 Å². The second-order valence-corrected chi connectivity index (χ2v) is 8.61. The molecule has 2 fully saturated rings. The largest absolute Gasteiger partial charge is 0.471 e. The number of aromatic nitrogens is 2.